The van der Waals surface area contributed by atoms with E-state index in [4.69, 9.17) is 5.11 Å². The monoisotopic (exact) mass is 282 g/mol. The molecule has 0 radical (unpaired) electrons. The van der Waals surface area contributed by atoms with Crippen molar-refractivity contribution in [3.05, 3.63) is 35.2 Å². The predicted molar refractivity (Wildman–Crippen MR) is 75.4 cm³/mol. The summed E-state index contributed by atoms with van der Waals surface area (Å²) in [5, 5.41) is 12.1. The molecule has 0 bridgehead atoms. The second-order valence-corrected chi connectivity index (χ2v) is 7.47. The lowest BCUT2D eigenvalue weighted by Crippen LogP contribution is -2.37. The van der Waals surface area contributed by atoms with Crippen LogP contribution in [0.5, 0.6) is 0 Å². The smallest absolute Gasteiger partial charge is 0.321 e. The lowest BCUT2D eigenvalue weighted by molar-refractivity contribution is -0.139. The third-order valence-corrected chi connectivity index (χ3v) is 5.83. The Morgan fingerprint density at radius 3 is 2.72 bits per heavy atom. The molecular weight excluding hydrogens is 268 g/mol. The molecule has 1 aromatic heterocycles. The summed E-state index contributed by atoms with van der Waals surface area (Å²) in [4.78, 5) is 11.1. The van der Waals surface area contributed by atoms with Crippen LogP contribution in [0, 0.1) is 0 Å². The quantitative estimate of drug-likeness (QED) is 0.938. The number of benzene rings is 1. The summed E-state index contributed by atoms with van der Waals surface area (Å²) in [6, 6.07) is 7.88. The van der Waals surface area contributed by atoms with E-state index in [1.165, 1.54) is 13.8 Å². The largest absolute Gasteiger partial charge is 0.480 e. The molecule has 0 aliphatic carbocycles. The molecule has 1 atom stereocenters. The van der Waals surface area contributed by atoms with E-state index in [1.807, 2.05) is 29.6 Å². The molecule has 0 spiro atoms. The van der Waals surface area contributed by atoms with Gasteiger partial charge in [0.1, 0.15) is 4.75 Å². The summed E-state index contributed by atoms with van der Waals surface area (Å²) < 4.78 is 12.1. The van der Waals surface area contributed by atoms with Gasteiger partial charge in [0.2, 0.25) is 0 Å². The summed E-state index contributed by atoms with van der Waals surface area (Å²) in [7, 11) is -1.44. The highest BCUT2D eigenvalue weighted by Crippen LogP contribution is 2.28. The third-order valence-electron chi connectivity index (χ3n) is 2.93. The van der Waals surface area contributed by atoms with Gasteiger partial charge in [0.05, 0.1) is 5.75 Å². The highest BCUT2D eigenvalue weighted by atomic mass is 32.2. The number of carboxylic acids is 1. The molecule has 3 nitrogen and oxygen atoms in total. The van der Waals surface area contributed by atoms with Crippen LogP contribution >= 0.6 is 11.3 Å². The Morgan fingerprint density at radius 1 is 1.39 bits per heavy atom. The van der Waals surface area contributed by atoms with Crippen molar-refractivity contribution in [2.45, 2.75) is 24.3 Å². The summed E-state index contributed by atoms with van der Waals surface area (Å²) in [5.74, 6) is -0.746. The fourth-order valence-corrected chi connectivity index (χ4v) is 3.71. The Bertz CT molecular complexity index is 613. The second kappa shape index (κ2) is 4.82. The summed E-state index contributed by atoms with van der Waals surface area (Å²) in [6.45, 7) is 3.00. The maximum absolute atomic E-state index is 12.2. The van der Waals surface area contributed by atoms with Crippen molar-refractivity contribution in [1.82, 2.24) is 0 Å². The predicted octanol–water partition coefficient (Wildman–Crippen LogP) is 3.01. The van der Waals surface area contributed by atoms with Crippen molar-refractivity contribution in [2.24, 2.45) is 0 Å². The standard InChI is InChI=1S/C13H14O3S2/c1-13(2,12(14)15)18(16)8-9-7-17-11-6-4-3-5-10(9)11/h3-7H,8H2,1-2H3,(H,14,15). The third kappa shape index (κ3) is 2.33. The Morgan fingerprint density at radius 2 is 2.06 bits per heavy atom. The Balaban J connectivity index is 2.30. The van der Waals surface area contributed by atoms with Crippen LogP contribution in [-0.2, 0) is 21.3 Å². The molecule has 0 aliphatic heterocycles. The minimum Gasteiger partial charge on any atom is -0.480 e. The average molecular weight is 282 g/mol. The maximum atomic E-state index is 12.2. The van der Waals surface area contributed by atoms with Crippen molar-refractivity contribution < 1.29 is 14.1 Å². The van der Waals surface area contributed by atoms with Crippen LogP contribution in [0.25, 0.3) is 10.1 Å². The first-order valence-electron chi connectivity index (χ1n) is 5.50. The van der Waals surface area contributed by atoms with E-state index >= 15 is 0 Å². The van der Waals surface area contributed by atoms with Crippen LogP contribution in [0.4, 0.5) is 0 Å². The van der Waals surface area contributed by atoms with Crippen molar-refractivity contribution in [3.8, 4) is 0 Å². The van der Waals surface area contributed by atoms with E-state index in [0.29, 0.717) is 0 Å². The van der Waals surface area contributed by atoms with E-state index in [0.717, 1.165) is 15.6 Å². The zero-order valence-corrected chi connectivity index (χ0v) is 11.8. The minimum atomic E-state index is -1.44. The second-order valence-electron chi connectivity index (χ2n) is 4.56. The van der Waals surface area contributed by atoms with Gasteiger partial charge in [-0.1, -0.05) is 18.2 Å². The first-order valence-corrected chi connectivity index (χ1v) is 7.70. The van der Waals surface area contributed by atoms with E-state index < -0.39 is 21.5 Å². The number of carbonyl (C=O) groups is 1. The highest BCUT2D eigenvalue weighted by molar-refractivity contribution is 7.86. The molecule has 2 rings (SSSR count). The van der Waals surface area contributed by atoms with Crippen molar-refractivity contribution in [3.63, 3.8) is 0 Å². The molecule has 1 N–H and O–H groups in total. The lowest BCUT2D eigenvalue weighted by Gasteiger charge is -2.18. The van der Waals surface area contributed by atoms with E-state index in [1.54, 1.807) is 11.3 Å². The Hall–Kier alpha value is -1.20. The average Bonchev–Trinajstić information content (AvgIpc) is 2.72. The fraction of sp³-hybridized carbons (Fsp3) is 0.308. The van der Waals surface area contributed by atoms with Crippen LogP contribution in [0.1, 0.15) is 19.4 Å². The van der Waals surface area contributed by atoms with Crippen LogP contribution < -0.4 is 0 Å². The molecule has 5 heteroatoms. The number of thiophene rings is 1. The Kier molecular flexibility index (Phi) is 3.54. The minimum absolute atomic E-state index is 0.281. The number of hydrogen-bond donors (Lipinski definition) is 1. The fourth-order valence-electron chi connectivity index (χ4n) is 1.56. The van der Waals surface area contributed by atoms with Gasteiger partial charge in [-0.2, -0.15) is 0 Å². The van der Waals surface area contributed by atoms with E-state index in [9.17, 15) is 9.00 Å². The van der Waals surface area contributed by atoms with Gasteiger partial charge in [-0.15, -0.1) is 11.3 Å². The molecule has 0 amide bonds. The topological polar surface area (TPSA) is 54.4 Å². The zero-order valence-electron chi connectivity index (χ0n) is 10.2. The number of rotatable bonds is 4. The molecule has 1 unspecified atom stereocenters. The molecule has 96 valence electrons. The van der Waals surface area contributed by atoms with Crippen molar-refractivity contribution >= 4 is 38.2 Å². The zero-order chi connectivity index (χ0) is 13.3. The van der Waals surface area contributed by atoms with Gasteiger partial charge in [0.25, 0.3) is 0 Å². The van der Waals surface area contributed by atoms with Gasteiger partial charge in [0, 0.05) is 15.5 Å². The molecule has 1 heterocycles. The van der Waals surface area contributed by atoms with Crippen LogP contribution in [0.2, 0.25) is 0 Å². The number of fused-ring (bicyclic) bond motifs is 1. The SMILES string of the molecule is CC(C)(C(=O)O)S(=O)Cc1csc2ccccc12. The van der Waals surface area contributed by atoms with Crippen LogP contribution in [0.3, 0.4) is 0 Å². The van der Waals surface area contributed by atoms with E-state index in [2.05, 4.69) is 0 Å². The number of hydrogen-bond acceptors (Lipinski definition) is 3. The van der Waals surface area contributed by atoms with Crippen LogP contribution in [-0.4, -0.2) is 20.0 Å². The molecule has 18 heavy (non-hydrogen) atoms. The van der Waals surface area contributed by atoms with Crippen molar-refractivity contribution in [2.75, 3.05) is 0 Å². The molecule has 1 aromatic carbocycles. The first-order chi connectivity index (χ1) is 8.43. The molecule has 0 fully saturated rings. The van der Waals surface area contributed by atoms with Gasteiger partial charge >= 0.3 is 5.97 Å². The Labute approximate surface area is 112 Å². The summed E-state index contributed by atoms with van der Waals surface area (Å²) >= 11 is 1.59. The number of carboxylic acid groups (broad SMARTS) is 1. The number of aliphatic carboxylic acids is 1. The van der Waals surface area contributed by atoms with Crippen molar-refractivity contribution in [1.29, 1.82) is 0 Å². The molecule has 2 aromatic rings. The molecule has 0 saturated carbocycles. The van der Waals surface area contributed by atoms with Gasteiger partial charge < -0.3 is 5.11 Å². The molecule has 0 saturated heterocycles. The first kappa shape index (κ1) is 13.2. The lowest BCUT2D eigenvalue weighted by atomic mass is 10.2. The molecular formula is C13H14O3S2. The van der Waals surface area contributed by atoms with Gasteiger partial charge in [-0.05, 0) is 36.2 Å². The summed E-state index contributed by atoms with van der Waals surface area (Å²) in [6.07, 6.45) is 0. The summed E-state index contributed by atoms with van der Waals surface area (Å²) in [5.41, 5.74) is 0.961. The van der Waals surface area contributed by atoms with Crippen LogP contribution in [0.15, 0.2) is 29.6 Å². The molecule has 0 aliphatic rings. The normalized spacial score (nSPS) is 13.7. The van der Waals surface area contributed by atoms with Gasteiger partial charge in [-0.25, -0.2) is 0 Å². The highest BCUT2D eigenvalue weighted by Gasteiger charge is 2.34. The van der Waals surface area contributed by atoms with E-state index in [-0.39, 0.29) is 5.75 Å². The van der Waals surface area contributed by atoms with Gasteiger partial charge in [0.15, 0.2) is 0 Å². The maximum Gasteiger partial charge on any atom is 0.321 e. The van der Waals surface area contributed by atoms with Gasteiger partial charge in [-0.3, -0.25) is 9.00 Å².